The SMILES string of the molecule is Cc1ccc(SSc2ccccn2)nc1. The molecule has 2 nitrogen and oxygen atoms in total. The number of hydrogen-bond donors (Lipinski definition) is 0. The van der Waals surface area contributed by atoms with Gasteiger partial charge in [-0.2, -0.15) is 0 Å². The highest BCUT2D eigenvalue weighted by molar-refractivity contribution is 8.76. The molecule has 0 aliphatic rings. The minimum atomic E-state index is 1.00. The fourth-order valence-corrected chi connectivity index (χ4v) is 2.72. The summed E-state index contributed by atoms with van der Waals surface area (Å²) >= 11 is 0. The quantitative estimate of drug-likeness (QED) is 0.758. The molecule has 2 heterocycles. The van der Waals surface area contributed by atoms with Crippen LogP contribution in [0.25, 0.3) is 0 Å². The van der Waals surface area contributed by atoms with Gasteiger partial charge >= 0.3 is 0 Å². The van der Waals surface area contributed by atoms with Crippen LogP contribution in [0.5, 0.6) is 0 Å². The van der Waals surface area contributed by atoms with E-state index in [4.69, 9.17) is 0 Å². The van der Waals surface area contributed by atoms with Crippen molar-refractivity contribution in [3.05, 3.63) is 48.3 Å². The largest absolute Gasteiger partial charge is 0.249 e. The normalized spacial score (nSPS) is 10.2. The summed E-state index contributed by atoms with van der Waals surface area (Å²) in [6.45, 7) is 2.04. The molecule has 0 bridgehead atoms. The van der Waals surface area contributed by atoms with E-state index in [1.54, 1.807) is 27.8 Å². The molecule has 0 aliphatic heterocycles. The molecule has 0 atom stereocenters. The van der Waals surface area contributed by atoms with Crippen LogP contribution in [0.15, 0.2) is 52.8 Å². The van der Waals surface area contributed by atoms with Gasteiger partial charge in [0.05, 0.1) is 0 Å². The van der Waals surface area contributed by atoms with Gasteiger partial charge in [-0.05, 0) is 52.3 Å². The first-order valence-corrected chi connectivity index (χ1v) is 6.68. The molecule has 0 fully saturated rings. The Labute approximate surface area is 96.9 Å². The number of aromatic nitrogens is 2. The molecule has 0 saturated heterocycles. The molecule has 0 radical (unpaired) electrons. The molecular formula is C11H10N2S2. The van der Waals surface area contributed by atoms with Gasteiger partial charge in [0.25, 0.3) is 0 Å². The number of rotatable bonds is 3. The second-order valence-corrected chi connectivity index (χ2v) is 5.18. The summed E-state index contributed by atoms with van der Waals surface area (Å²) in [5, 5.41) is 2.01. The van der Waals surface area contributed by atoms with Crippen molar-refractivity contribution in [2.75, 3.05) is 0 Å². The molecule has 0 saturated carbocycles. The van der Waals surface area contributed by atoms with Gasteiger partial charge in [-0.25, -0.2) is 9.97 Å². The lowest BCUT2D eigenvalue weighted by molar-refractivity contribution is 1.11. The van der Waals surface area contributed by atoms with Crippen LogP contribution in [0.1, 0.15) is 5.56 Å². The molecule has 2 aromatic rings. The summed E-state index contributed by atoms with van der Waals surface area (Å²) in [5.74, 6) is 0. The smallest absolute Gasteiger partial charge is 0.107 e. The topological polar surface area (TPSA) is 25.8 Å². The maximum Gasteiger partial charge on any atom is 0.107 e. The minimum absolute atomic E-state index is 1.00. The number of hydrogen-bond acceptors (Lipinski definition) is 4. The van der Waals surface area contributed by atoms with Gasteiger partial charge in [0, 0.05) is 12.4 Å². The fraction of sp³-hybridized carbons (Fsp3) is 0.0909. The lowest BCUT2D eigenvalue weighted by Gasteiger charge is -1.99. The molecule has 4 heteroatoms. The molecule has 0 aromatic carbocycles. The molecule has 2 aromatic heterocycles. The molecule has 0 N–H and O–H groups in total. The van der Waals surface area contributed by atoms with Crippen molar-refractivity contribution in [3.63, 3.8) is 0 Å². The van der Waals surface area contributed by atoms with E-state index in [0.717, 1.165) is 10.1 Å². The maximum absolute atomic E-state index is 4.31. The van der Waals surface area contributed by atoms with Crippen LogP contribution in [0, 0.1) is 6.92 Å². The van der Waals surface area contributed by atoms with Gasteiger partial charge in [-0.1, -0.05) is 12.1 Å². The average Bonchev–Trinajstić information content (AvgIpc) is 2.30. The van der Waals surface area contributed by atoms with E-state index in [1.165, 1.54) is 5.56 Å². The Morgan fingerprint density at radius 2 is 1.73 bits per heavy atom. The van der Waals surface area contributed by atoms with Crippen molar-refractivity contribution >= 4 is 21.6 Å². The van der Waals surface area contributed by atoms with Gasteiger partial charge in [0.1, 0.15) is 10.1 Å². The van der Waals surface area contributed by atoms with Crippen LogP contribution in [0.2, 0.25) is 0 Å². The minimum Gasteiger partial charge on any atom is -0.249 e. The number of pyridine rings is 2. The second-order valence-electron chi connectivity index (χ2n) is 3.01. The highest BCUT2D eigenvalue weighted by Gasteiger charge is 1.98. The first kappa shape index (κ1) is 10.5. The summed E-state index contributed by atoms with van der Waals surface area (Å²) in [6, 6.07) is 9.98. The van der Waals surface area contributed by atoms with Crippen molar-refractivity contribution < 1.29 is 0 Å². The van der Waals surface area contributed by atoms with Crippen LogP contribution in [-0.2, 0) is 0 Å². The molecule has 76 valence electrons. The predicted octanol–water partition coefficient (Wildman–Crippen LogP) is 3.58. The Bertz CT molecular complexity index is 414. The van der Waals surface area contributed by atoms with E-state index < -0.39 is 0 Å². The summed E-state index contributed by atoms with van der Waals surface area (Å²) in [7, 11) is 3.25. The van der Waals surface area contributed by atoms with Gasteiger partial charge < -0.3 is 0 Å². The highest BCUT2D eigenvalue weighted by atomic mass is 33.1. The van der Waals surface area contributed by atoms with Crippen molar-refractivity contribution in [1.82, 2.24) is 9.97 Å². The molecule has 0 unspecified atom stereocenters. The molecule has 0 spiro atoms. The predicted molar refractivity (Wildman–Crippen MR) is 64.9 cm³/mol. The van der Waals surface area contributed by atoms with Crippen molar-refractivity contribution in [2.24, 2.45) is 0 Å². The van der Waals surface area contributed by atoms with Gasteiger partial charge in [0.2, 0.25) is 0 Å². The third-order valence-electron chi connectivity index (χ3n) is 1.73. The van der Waals surface area contributed by atoms with E-state index in [9.17, 15) is 0 Å². The Morgan fingerprint density at radius 1 is 0.933 bits per heavy atom. The Kier molecular flexibility index (Phi) is 3.64. The summed E-state index contributed by atoms with van der Waals surface area (Å²) in [4.78, 5) is 8.53. The summed E-state index contributed by atoms with van der Waals surface area (Å²) in [5.41, 5.74) is 1.18. The van der Waals surface area contributed by atoms with E-state index in [0.29, 0.717) is 0 Å². The number of nitrogens with zero attached hydrogens (tertiary/aromatic N) is 2. The molecule has 0 amide bonds. The fourth-order valence-electron chi connectivity index (χ4n) is 0.985. The lowest BCUT2D eigenvalue weighted by atomic mass is 10.3. The second kappa shape index (κ2) is 5.19. The van der Waals surface area contributed by atoms with Crippen LogP contribution >= 0.6 is 21.6 Å². The van der Waals surface area contributed by atoms with Crippen LogP contribution in [0.3, 0.4) is 0 Å². The van der Waals surface area contributed by atoms with E-state index in [1.807, 2.05) is 37.4 Å². The zero-order valence-corrected chi connectivity index (χ0v) is 9.89. The zero-order valence-electron chi connectivity index (χ0n) is 8.25. The third kappa shape index (κ3) is 3.25. The van der Waals surface area contributed by atoms with Crippen molar-refractivity contribution in [1.29, 1.82) is 0 Å². The van der Waals surface area contributed by atoms with E-state index in [2.05, 4.69) is 16.0 Å². The van der Waals surface area contributed by atoms with Crippen molar-refractivity contribution in [3.8, 4) is 0 Å². The average molecular weight is 234 g/mol. The van der Waals surface area contributed by atoms with Crippen LogP contribution in [-0.4, -0.2) is 9.97 Å². The first-order chi connectivity index (χ1) is 7.34. The molecule has 2 rings (SSSR count). The Hall–Kier alpha value is -1.00. The third-order valence-corrected chi connectivity index (χ3v) is 3.92. The van der Waals surface area contributed by atoms with E-state index >= 15 is 0 Å². The molecule has 0 aliphatic carbocycles. The number of aryl methyl sites for hydroxylation is 1. The highest BCUT2D eigenvalue weighted by Crippen LogP contribution is 2.34. The Balaban J connectivity index is 1.96. The van der Waals surface area contributed by atoms with Gasteiger partial charge in [-0.15, -0.1) is 0 Å². The Morgan fingerprint density at radius 3 is 2.33 bits per heavy atom. The standard InChI is InChI=1S/C11H10N2S2/c1-9-5-6-11(13-8-9)15-14-10-4-2-3-7-12-10/h2-8H,1H3. The monoisotopic (exact) mass is 234 g/mol. The summed E-state index contributed by atoms with van der Waals surface area (Å²) in [6.07, 6.45) is 3.67. The van der Waals surface area contributed by atoms with E-state index in [-0.39, 0.29) is 0 Å². The zero-order chi connectivity index (χ0) is 10.5. The van der Waals surface area contributed by atoms with Crippen LogP contribution < -0.4 is 0 Å². The lowest BCUT2D eigenvalue weighted by Crippen LogP contribution is -1.79. The van der Waals surface area contributed by atoms with Gasteiger partial charge in [-0.3, -0.25) is 0 Å². The molecular weight excluding hydrogens is 224 g/mol. The summed E-state index contributed by atoms with van der Waals surface area (Å²) < 4.78 is 0. The maximum atomic E-state index is 4.31. The molecule has 15 heavy (non-hydrogen) atoms. The van der Waals surface area contributed by atoms with Crippen LogP contribution in [0.4, 0.5) is 0 Å². The van der Waals surface area contributed by atoms with Crippen molar-refractivity contribution in [2.45, 2.75) is 17.0 Å². The van der Waals surface area contributed by atoms with Gasteiger partial charge in [0.15, 0.2) is 0 Å². The first-order valence-electron chi connectivity index (χ1n) is 4.53.